The summed E-state index contributed by atoms with van der Waals surface area (Å²) in [5, 5.41) is 16.0. The fourth-order valence-corrected chi connectivity index (χ4v) is 7.59. The normalized spacial score (nSPS) is 18.8. The number of ether oxygens (including phenoxy) is 3. The van der Waals surface area contributed by atoms with E-state index in [2.05, 4.69) is 74.5 Å². The zero-order chi connectivity index (χ0) is 34.4. The molecule has 11 heteroatoms. The lowest BCUT2D eigenvalue weighted by Crippen LogP contribution is -2.38. The highest BCUT2D eigenvalue weighted by Gasteiger charge is 2.35. The maximum atomic E-state index is 11.1. The van der Waals surface area contributed by atoms with Crippen LogP contribution in [0.15, 0.2) is 60.9 Å². The zero-order valence-corrected chi connectivity index (χ0v) is 32.0. The average molecular weight is 690 g/mol. The van der Waals surface area contributed by atoms with Gasteiger partial charge in [0, 0.05) is 77.0 Å². The topological polar surface area (TPSA) is 94.2 Å². The first-order valence-corrected chi connectivity index (χ1v) is 24.8. The molecule has 4 aromatic rings. The molecule has 0 bridgehead atoms. The van der Waals surface area contributed by atoms with Crippen molar-refractivity contribution >= 4 is 27.6 Å². The van der Waals surface area contributed by atoms with Crippen LogP contribution in [-0.4, -0.2) is 86.8 Å². The second-order valence-electron chi connectivity index (χ2n) is 15.8. The largest absolute Gasteiger partial charge is 0.387 e. The summed E-state index contributed by atoms with van der Waals surface area (Å²) in [7, 11) is -0.841. The van der Waals surface area contributed by atoms with Gasteiger partial charge in [-0.2, -0.15) is 9.61 Å². The number of nitrogens with zero attached hydrogens (tertiary/aromatic N) is 5. The number of methoxy groups -OCH3 is 1. The fraction of sp³-hybridized carbons (Fsp3) is 0.541. The van der Waals surface area contributed by atoms with E-state index in [4.69, 9.17) is 29.3 Å². The second-order valence-corrected chi connectivity index (χ2v) is 27.0. The van der Waals surface area contributed by atoms with Crippen LogP contribution >= 0.6 is 0 Å². The molecule has 0 spiro atoms. The molecule has 9 nitrogen and oxygen atoms in total. The number of fused-ring (bicyclic) bond motifs is 1. The van der Waals surface area contributed by atoms with Crippen LogP contribution in [-0.2, 0) is 14.2 Å². The van der Waals surface area contributed by atoms with Gasteiger partial charge in [0.1, 0.15) is 19.3 Å². The van der Waals surface area contributed by atoms with Crippen LogP contribution in [0.2, 0.25) is 51.4 Å². The second kappa shape index (κ2) is 15.7. The van der Waals surface area contributed by atoms with Crippen molar-refractivity contribution in [2.75, 3.05) is 45.3 Å². The Morgan fingerprint density at radius 2 is 1.52 bits per heavy atom. The van der Waals surface area contributed by atoms with Gasteiger partial charge < -0.3 is 24.2 Å². The molecule has 0 amide bonds. The molecule has 0 aliphatic heterocycles. The van der Waals surface area contributed by atoms with E-state index < -0.39 is 21.7 Å². The Hall–Kier alpha value is -2.94. The molecule has 0 unspecified atom stereocenters. The molecule has 1 fully saturated rings. The molecule has 1 aromatic carbocycles. The van der Waals surface area contributed by atoms with Gasteiger partial charge in [0.05, 0.1) is 24.1 Å². The van der Waals surface area contributed by atoms with Crippen LogP contribution in [0.1, 0.15) is 37.3 Å². The third kappa shape index (κ3) is 9.83. The summed E-state index contributed by atoms with van der Waals surface area (Å²) in [6, 6.07) is 18.7. The zero-order valence-electron chi connectivity index (χ0n) is 30.0. The van der Waals surface area contributed by atoms with Crippen LogP contribution in [0.5, 0.6) is 0 Å². The van der Waals surface area contributed by atoms with E-state index in [0.717, 1.165) is 64.5 Å². The summed E-state index contributed by atoms with van der Waals surface area (Å²) >= 11 is 0. The molecule has 0 radical (unpaired) electrons. The van der Waals surface area contributed by atoms with Crippen LogP contribution in [0.25, 0.3) is 28.0 Å². The van der Waals surface area contributed by atoms with Crippen LogP contribution in [0, 0.1) is 0 Å². The summed E-state index contributed by atoms with van der Waals surface area (Å²) < 4.78 is 19.9. The van der Waals surface area contributed by atoms with Gasteiger partial charge in [-0.3, -0.25) is 4.98 Å². The molecule has 3 aromatic heterocycles. The molecular formula is C37H55N5O4Si2. The van der Waals surface area contributed by atoms with Crippen molar-refractivity contribution in [3.8, 4) is 22.4 Å². The molecule has 0 saturated heterocycles. The van der Waals surface area contributed by atoms with Gasteiger partial charge in [0.2, 0.25) is 0 Å². The molecular weight excluding hydrogens is 635 g/mol. The van der Waals surface area contributed by atoms with Gasteiger partial charge in [0.25, 0.3) is 0 Å². The third-order valence-corrected chi connectivity index (χ3v) is 12.6. The van der Waals surface area contributed by atoms with E-state index in [-0.39, 0.29) is 5.92 Å². The molecule has 48 heavy (non-hydrogen) atoms. The van der Waals surface area contributed by atoms with Gasteiger partial charge >= 0.3 is 0 Å². The van der Waals surface area contributed by atoms with Crippen molar-refractivity contribution in [1.29, 1.82) is 0 Å². The first-order valence-electron chi connectivity index (χ1n) is 17.4. The highest BCUT2D eigenvalue weighted by atomic mass is 28.3. The fourth-order valence-electron chi connectivity index (χ4n) is 6.08. The maximum absolute atomic E-state index is 11.1. The molecule has 1 N–H and O–H groups in total. The van der Waals surface area contributed by atoms with Crippen molar-refractivity contribution in [2.24, 2.45) is 0 Å². The Morgan fingerprint density at radius 3 is 2.08 bits per heavy atom. The molecule has 3 heterocycles. The van der Waals surface area contributed by atoms with Crippen molar-refractivity contribution in [3.05, 3.63) is 66.6 Å². The number of rotatable bonds is 16. The highest BCUT2D eigenvalue weighted by molar-refractivity contribution is 6.76. The summed E-state index contributed by atoms with van der Waals surface area (Å²) in [6.45, 7) is 16.8. The van der Waals surface area contributed by atoms with Gasteiger partial charge in [-0.15, -0.1) is 0 Å². The van der Waals surface area contributed by atoms with Crippen molar-refractivity contribution in [2.45, 2.75) is 88.6 Å². The molecule has 5 rings (SSSR count). The Bertz CT molecular complexity index is 1570. The van der Waals surface area contributed by atoms with Crippen molar-refractivity contribution in [1.82, 2.24) is 19.6 Å². The Morgan fingerprint density at radius 1 is 0.875 bits per heavy atom. The molecule has 1 aliphatic carbocycles. The lowest BCUT2D eigenvalue weighted by molar-refractivity contribution is -0.0590. The number of benzene rings is 1. The molecule has 1 saturated carbocycles. The molecule has 260 valence electrons. The van der Waals surface area contributed by atoms with E-state index >= 15 is 0 Å². The van der Waals surface area contributed by atoms with E-state index in [9.17, 15) is 5.11 Å². The summed E-state index contributed by atoms with van der Waals surface area (Å²) in [5.74, 6) is 1.10. The lowest BCUT2D eigenvalue weighted by atomic mass is 9.78. The monoisotopic (exact) mass is 689 g/mol. The molecule has 1 aliphatic rings. The van der Waals surface area contributed by atoms with Crippen LogP contribution < -0.4 is 4.90 Å². The summed E-state index contributed by atoms with van der Waals surface area (Å²) in [6.07, 6.45) is 6.82. The highest BCUT2D eigenvalue weighted by Crippen LogP contribution is 2.39. The van der Waals surface area contributed by atoms with Gasteiger partial charge in [-0.05, 0) is 43.8 Å². The van der Waals surface area contributed by atoms with Crippen molar-refractivity contribution < 1.29 is 19.3 Å². The predicted octanol–water partition coefficient (Wildman–Crippen LogP) is 7.92. The number of anilines is 1. The quantitative estimate of drug-likeness (QED) is 0.0721. The van der Waals surface area contributed by atoms with E-state index in [1.807, 2.05) is 35.1 Å². The number of aromatic nitrogens is 4. The Kier molecular flexibility index (Phi) is 11.9. The predicted molar refractivity (Wildman–Crippen MR) is 200 cm³/mol. The minimum absolute atomic E-state index is 0.203. The number of hydrogen-bond donors (Lipinski definition) is 1. The van der Waals surface area contributed by atoms with Crippen LogP contribution in [0.4, 0.5) is 5.82 Å². The standard InChI is InChI=1S/C37H55N5O4Si2/c1-44-26-37(43)17-15-30(16-18-37)34-23-35(41(27-45-19-21-47(2,3)4)28-46-20-22-48(5,6)7)42-36(40-34)32(25-39-42)31-13-14-33(38-24-31)29-11-9-8-10-12-29/h8-14,23-25,30,43H,15-22,26-28H2,1-7H3/t30-,37-. The number of hydrogen-bond acceptors (Lipinski definition) is 8. The van der Waals surface area contributed by atoms with E-state index in [1.165, 1.54) is 0 Å². The summed E-state index contributed by atoms with van der Waals surface area (Å²) in [5.41, 5.74) is 4.89. The Balaban J connectivity index is 1.51. The van der Waals surface area contributed by atoms with Crippen LogP contribution in [0.3, 0.4) is 0 Å². The Labute approximate surface area is 288 Å². The maximum Gasteiger partial charge on any atom is 0.165 e. The van der Waals surface area contributed by atoms with Gasteiger partial charge in [-0.25, -0.2) is 4.98 Å². The lowest BCUT2D eigenvalue weighted by Gasteiger charge is -2.35. The first-order chi connectivity index (χ1) is 22.8. The minimum atomic E-state index is -1.25. The van der Waals surface area contributed by atoms with Gasteiger partial charge in [0.15, 0.2) is 5.65 Å². The SMILES string of the molecule is COC[C@]1(O)CC[C@H](c2cc(N(COCC[Si](C)(C)C)COCC[Si](C)(C)C)n3ncc(-c4ccc(-c5ccccc5)nc4)c3n2)CC1. The smallest absolute Gasteiger partial charge is 0.165 e. The van der Waals surface area contributed by atoms with E-state index in [1.54, 1.807) is 7.11 Å². The number of aliphatic hydroxyl groups is 1. The third-order valence-electron chi connectivity index (χ3n) is 9.18. The molecule has 0 atom stereocenters. The van der Waals surface area contributed by atoms with Gasteiger partial charge in [-0.1, -0.05) is 75.7 Å². The van der Waals surface area contributed by atoms with E-state index in [0.29, 0.717) is 46.1 Å². The number of pyridine rings is 1. The average Bonchev–Trinajstić information content (AvgIpc) is 3.48. The first kappa shape index (κ1) is 36.3. The van der Waals surface area contributed by atoms with Crippen molar-refractivity contribution in [3.63, 3.8) is 0 Å². The summed E-state index contributed by atoms with van der Waals surface area (Å²) in [4.78, 5) is 12.2. The minimum Gasteiger partial charge on any atom is -0.387 e.